The fraction of sp³-hybridized carbons (Fsp3) is 0.200. The van der Waals surface area contributed by atoms with Crippen LogP contribution in [0.25, 0.3) is 0 Å². The molecule has 0 atom stereocenters. The quantitative estimate of drug-likeness (QED) is 0.423. The van der Waals surface area contributed by atoms with Crippen LogP contribution in [0.3, 0.4) is 0 Å². The lowest BCUT2D eigenvalue weighted by Crippen LogP contribution is -1.95. The molecule has 6 heteroatoms. The minimum Gasteiger partial charge on any atom is -0.396 e. The molecule has 2 heterocycles. The first-order valence-corrected chi connectivity index (χ1v) is 6.56. The summed E-state index contributed by atoms with van der Waals surface area (Å²) in [6.07, 6.45) is 10.8. The van der Waals surface area contributed by atoms with Crippen molar-refractivity contribution in [1.82, 2.24) is 9.97 Å². The van der Waals surface area contributed by atoms with Crippen molar-refractivity contribution >= 4 is 12.4 Å². The molecule has 2 aromatic rings. The Labute approximate surface area is 123 Å². The predicted octanol–water partition coefficient (Wildman–Crippen LogP) is 2.27. The van der Waals surface area contributed by atoms with Crippen molar-refractivity contribution in [3.05, 3.63) is 60.2 Å². The predicted molar refractivity (Wildman–Crippen MR) is 80.2 cm³/mol. The highest BCUT2D eigenvalue weighted by Gasteiger charge is 1.89. The third kappa shape index (κ3) is 6.29. The van der Waals surface area contributed by atoms with Crippen molar-refractivity contribution in [2.45, 2.75) is 6.42 Å². The lowest BCUT2D eigenvalue weighted by molar-refractivity contribution is 0.0914. The van der Waals surface area contributed by atoms with E-state index in [2.05, 4.69) is 20.3 Å². The zero-order chi connectivity index (χ0) is 14.6. The van der Waals surface area contributed by atoms with Crippen LogP contribution in [0.15, 0.2) is 59.4 Å². The zero-order valence-electron chi connectivity index (χ0n) is 11.5. The minimum atomic E-state index is 0.479. The number of hydrogen-bond donors (Lipinski definition) is 0. The number of aromatic nitrogens is 2. The summed E-state index contributed by atoms with van der Waals surface area (Å²) in [5.74, 6) is 0. The van der Waals surface area contributed by atoms with Gasteiger partial charge in [-0.2, -0.15) is 0 Å². The highest BCUT2D eigenvalue weighted by Crippen LogP contribution is 1.94. The van der Waals surface area contributed by atoms with Crippen LogP contribution in [0, 0.1) is 0 Å². The molecule has 0 fully saturated rings. The van der Waals surface area contributed by atoms with Gasteiger partial charge in [0.25, 0.3) is 0 Å². The molecule has 21 heavy (non-hydrogen) atoms. The van der Waals surface area contributed by atoms with Crippen LogP contribution in [0.4, 0.5) is 0 Å². The van der Waals surface area contributed by atoms with Crippen molar-refractivity contribution in [2.75, 3.05) is 13.2 Å². The molecule has 0 saturated carbocycles. The van der Waals surface area contributed by atoms with Crippen LogP contribution in [0.2, 0.25) is 0 Å². The number of hydrogen-bond acceptors (Lipinski definition) is 6. The maximum Gasteiger partial charge on any atom is 0.120 e. The molecule has 2 rings (SSSR count). The Balaban J connectivity index is 1.52. The summed E-state index contributed by atoms with van der Waals surface area (Å²) < 4.78 is 0. The van der Waals surface area contributed by atoms with Gasteiger partial charge in [-0.25, -0.2) is 0 Å². The van der Waals surface area contributed by atoms with Crippen LogP contribution in [0.1, 0.15) is 17.5 Å². The van der Waals surface area contributed by atoms with E-state index in [-0.39, 0.29) is 0 Å². The van der Waals surface area contributed by atoms with Gasteiger partial charge in [-0.1, -0.05) is 10.3 Å². The van der Waals surface area contributed by atoms with Crippen molar-refractivity contribution in [3.8, 4) is 0 Å². The van der Waals surface area contributed by atoms with Gasteiger partial charge >= 0.3 is 0 Å². The monoisotopic (exact) mass is 284 g/mol. The highest BCUT2D eigenvalue weighted by molar-refractivity contribution is 5.79. The summed E-state index contributed by atoms with van der Waals surface area (Å²) in [6.45, 7) is 0.957. The Hall–Kier alpha value is -2.76. The molecule has 0 amide bonds. The van der Waals surface area contributed by atoms with Crippen LogP contribution in [-0.2, 0) is 9.68 Å². The molecule has 108 valence electrons. The third-order valence-electron chi connectivity index (χ3n) is 2.44. The second kappa shape index (κ2) is 9.19. The third-order valence-corrected chi connectivity index (χ3v) is 2.44. The van der Waals surface area contributed by atoms with Gasteiger partial charge in [0, 0.05) is 31.2 Å². The molecule has 0 aromatic carbocycles. The second-order valence-corrected chi connectivity index (χ2v) is 4.05. The first-order valence-electron chi connectivity index (χ1n) is 6.56. The lowest BCUT2D eigenvalue weighted by Gasteiger charge is -1.99. The SMILES string of the molecule is C(=N/OCCCO/N=C/c1ccncc1)/c1ccncc1. The molecule has 0 unspecified atom stereocenters. The second-order valence-electron chi connectivity index (χ2n) is 4.05. The first-order chi connectivity index (χ1) is 10.4. The van der Waals surface area contributed by atoms with E-state index in [9.17, 15) is 0 Å². The average molecular weight is 284 g/mol. The maximum absolute atomic E-state index is 5.11. The fourth-order valence-corrected chi connectivity index (χ4v) is 1.39. The van der Waals surface area contributed by atoms with Crippen molar-refractivity contribution < 1.29 is 9.68 Å². The summed E-state index contributed by atoms with van der Waals surface area (Å²) >= 11 is 0. The zero-order valence-corrected chi connectivity index (χ0v) is 11.5. The Morgan fingerprint density at radius 3 is 1.62 bits per heavy atom. The topological polar surface area (TPSA) is 69.0 Å². The van der Waals surface area contributed by atoms with Crippen LogP contribution in [-0.4, -0.2) is 35.6 Å². The molecular formula is C15H16N4O2. The summed E-state index contributed by atoms with van der Waals surface area (Å²) in [5.41, 5.74) is 1.89. The van der Waals surface area contributed by atoms with Crippen LogP contribution >= 0.6 is 0 Å². The molecule has 2 aromatic heterocycles. The Morgan fingerprint density at radius 1 is 0.762 bits per heavy atom. The van der Waals surface area contributed by atoms with E-state index in [1.54, 1.807) is 37.2 Å². The van der Waals surface area contributed by atoms with Crippen LogP contribution < -0.4 is 0 Å². The van der Waals surface area contributed by atoms with Gasteiger partial charge in [0.2, 0.25) is 0 Å². The van der Waals surface area contributed by atoms with Gasteiger partial charge in [0.15, 0.2) is 0 Å². The number of oxime groups is 2. The van der Waals surface area contributed by atoms with E-state index in [0.717, 1.165) is 11.1 Å². The fourth-order valence-electron chi connectivity index (χ4n) is 1.39. The van der Waals surface area contributed by atoms with E-state index >= 15 is 0 Å². The largest absolute Gasteiger partial charge is 0.396 e. The van der Waals surface area contributed by atoms with Gasteiger partial charge in [0.05, 0.1) is 12.4 Å². The van der Waals surface area contributed by atoms with Crippen LogP contribution in [0.5, 0.6) is 0 Å². The Morgan fingerprint density at radius 2 is 1.19 bits per heavy atom. The summed E-state index contributed by atoms with van der Waals surface area (Å²) in [4.78, 5) is 18.1. The van der Waals surface area contributed by atoms with Crippen molar-refractivity contribution in [1.29, 1.82) is 0 Å². The molecule has 6 nitrogen and oxygen atoms in total. The van der Waals surface area contributed by atoms with Gasteiger partial charge in [-0.15, -0.1) is 0 Å². The molecular weight excluding hydrogens is 268 g/mol. The standard InChI is InChI=1S/C15H16N4O2/c1(10-20-18-12-14-2-6-16-7-3-14)11-21-19-13-15-4-8-17-9-5-15/h2-9,12-13H,1,10-11H2/b18-12-,19-13+. The van der Waals surface area contributed by atoms with Gasteiger partial charge < -0.3 is 9.68 Å². The normalized spacial score (nSPS) is 11.0. The van der Waals surface area contributed by atoms with Crippen molar-refractivity contribution in [3.63, 3.8) is 0 Å². The molecule has 0 spiro atoms. The number of nitrogens with zero attached hydrogens (tertiary/aromatic N) is 4. The molecule has 0 aliphatic rings. The molecule has 0 radical (unpaired) electrons. The molecule has 0 aliphatic heterocycles. The minimum absolute atomic E-state index is 0.479. The summed E-state index contributed by atoms with van der Waals surface area (Å²) in [7, 11) is 0. The van der Waals surface area contributed by atoms with Gasteiger partial charge in [-0.3, -0.25) is 9.97 Å². The highest BCUT2D eigenvalue weighted by atomic mass is 16.6. The number of rotatable bonds is 8. The first kappa shape index (κ1) is 14.6. The van der Waals surface area contributed by atoms with E-state index < -0.39 is 0 Å². The molecule has 0 aliphatic carbocycles. The molecule has 0 bridgehead atoms. The van der Waals surface area contributed by atoms with Gasteiger partial charge in [-0.05, 0) is 35.4 Å². The Kier molecular flexibility index (Phi) is 6.41. The average Bonchev–Trinajstić information content (AvgIpc) is 2.55. The lowest BCUT2D eigenvalue weighted by atomic mass is 10.3. The van der Waals surface area contributed by atoms with E-state index in [4.69, 9.17) is 9.68 Å². The molecule has 0 saturated heterocycles. The smallest absolute Gasteiger partial charge is 0.120 e. The number of pyridine rings is 2. The summed E-state index contributed by atoms with van der Waals surface area (Å²) in [5, 5.41) is 7.71. The maximum atomic E-state index is 5.11. The van der Waals surface area contributed by atoms with E-state index in [0.29, 0.717) is 19.6 Å². The summed E-state index contributed by atoms with van der Waals surface area (Å²) in [6, 6.07) is 7.40. The van der Waals surface area contributed by atoms with Crippen molar-refractivity contribution in [2.24, 2.45) is 10.3 Å². The van der Waals surface area contributed by atoms with E-state index in [1.807, 2.05) is 24.3 Å². The van der Waals surface area contributed by atoms with Gasteiger partial charge in [0.1, 0.15) is 13.2 Å². The Bertz CT molecular complexity index is 507. The molecule has 0 N–H and O–H groups in total. The van der Waals surface area contributed by atoms with E-state index in [1.165, 1.54) is 0 Å².